The molecule has 2 aromatic rings. The van der Waals surface area contributed by atoms with Gasteiger partial charge in [0.15, 0.2) is 0 Å². The van der Waals surface area contributed by atoms with E-state index in [0.29, 0.717) is 6.42 Å². The van der Waals surface area contributed by atoms with E-state index in [1.54, 1.807) is 11.8 Å². The first-order chi connectivity index (χ1) is 8.63. The second-order valence-electron chi connectivity index (χ2n) is 3.95. The van der Waals surface area contributed by atoms with Crippen LogP contribution in [0.1, 0.15) is 18.7 Å². The Bertz CT molecular complexity index is 599. The molecule has 0 saturated carbocycles. The number of nitriles is 1. The number of nitrogens with zero attached hydrogens (tertiary/aromatic N) is 2. The molecule has 0 aliphatic carbocycles. The second-order valence-corrected chi connectivity index (χ2v) is 6.27. The Labute approximate surface area is 121 Å². The predicted molar refractivity (Wildman–Crippen MR) is 81.6 cm³/mol. The molecule has 1 aromatic carbocycles. The van der Waals surface area contributed by atoms with Gasteiger partial charge in [-0.05, 0) is 25.1 Å². The highest BCUT2D eigenvalue weighted by atomic mass is 35.5. The summed E-state index contributed by atoms with van der Waals surface area (Å²) < 4.78 is 2.11. The molecule has 0 aliphatic heterocycles. The lowest BCUT2D eigenvalue weighted by Crippen LogP contribution is -1.95. The molecule has 2 rings (SSSR count). The number of fused-ring (bicyclic) bond motifs is 1. The second kappa shape index (κ2) is 5.92. The van der Waals surface area contributed by atoms with Crippen molar-refractivity contribution in [1.29, 1.82) is 5.26 Å². The van der Waals surface area contributed by atoms with Gasteiger partial charge < -0.3 is 4.57 Å². The lowest BCUT2D eigenvalue weighted by atomic mass is 10.2. The third-order valence-corrected chi connectivity index (χ3v) is 4.16. The van der Waals surface area contributed by atoms with E-state index >= 15 is 0 Å². The van der Waals surface area contributed by atoms with E-state index < -0.39 is 0 Å². The van der Waals surface area contributed by atoms with E-state index in [4.69, 9.17) is 16.9 Å². The molecular weight excluding hydrogens is 284 g/mol. The molecular formula is C13H13ClN2S2. The molecule has 2 nitrogen and oxygen atoms in total. The summed E-state index contributed by atoms with van der Waals surface area (Å²) in [7, 11) is 0. The van der Waals surface area contributed by atoms with Gasteiger partial charge in [-0.3, -0.25) is 0 Å². The molecule has 18 heavy (non-hydrogen) atoms. The number of thioether (sulfide) groups is 1. The van der Waals surface area contributed by atoms with Gasteiger partial charge in [0.25, 0.3) is 0 Å². The van der Waals surface area contributed by atoms with Crippen LogP contribution in [0, 0.1) is 11.3 Å². The van der Waals surface area contributed by atoms with E-state index in [2.05, 4.69) is 29.5 Å². The fourth-order valence-electron chi connectivity index (χ4n) is 1.83. The van der Waals surface area contributed by atoms with Crippen molar-refractivity contribution in [3.05, 3.63) is 29.4 Å². The maximum Gasteiger partial charge on any atom is 0.0737 e. The quantitative estimate of drug-likeness (QED) is 0.501. The van der Waals surface area contributed by atoms with Crippen molar-refractivity contribution < 1.29 is 0 Å². The topological polar surface area (TPSA) is 28.7 Å². The Morgan fingerprint density at radius 1 is 1.56 bits per heavy atom. The number of aromatic nitrogens is 1. The smallest absolute Gasteiger partial charge is 0.0737 e. The monoisotopic (exact) mass is 296 g/mol. The van der Waals surface area contributed by atoms with Crippen LogP contribution in [0.15, 0.2) is 29.3 Å². The molecule has 1 atom stereocenters. The number of benzene rings is 1. The van der Waals surface area contributed by atoms with Crippen molar-refractivity contribution in [2.45, 2.75) is 23.6 Å². The maximum absolute atomic E-state index is 8.59. The van der Waals surface area contributed by atoms with Gasteiger partial charge in [0.1, 0.15) is 0 Å². The van der Waals surface area contributed by atoms with Gasteiger partial charge in [-0.25, -0.2) is 0 Å². The first-order valence-electron chi connectivity index (χ1n) is 5.61. The van der Waals surface area contributed by atoms with E-state index in [-0.39, 0.29) is 5.37 Å². The van der Waals surface area contributed by atoms with Gasteiger partial charge in [0, 0.05) is 33.7 Å². The number of hydrogen-bond acceptors (Lipinski definition) is 3. The van der Waals surface area contributed by atoms with Gasteiger partial charge in [-0.15, -0.1) is 11.8 Å². The molecule has 0 saturated heterocycles. The Balaban J connectivity index is 2.45. The van der Waals surface area contributed by atoms with E-state index in [9.17, 15) is 0 Å². The normalized spacial score (nSPS) is 12.6. The minimum Gasteiger partial charge on any atom is -0.334 e. The summed E-state index contributed by atoms with van der Waals surface area (Å²) in [6, 6.07) is 8.03. The predicted octanol–water partition coefficient (Wildman–Crippen LogP) is 4.75. The minimum atomic E-state index is 0.110. The van der Waals surface area contributed by atoms with Crippen LogP contribution < -0.4 is 0 Å². The molecule has 0 bridgehead atoms. The molecule has 0 amide bonds. The third-order valence-electron chi connectivity index (χ3n) is 2.63. The van der Waals surface area contributed by atoms with Crippen LogP contribution in [0.4, 0.5) is 0 Å². The number of rotatable bonds is 4. The largest absolute Gasteiger partial charge is 0.334 e. The standard InChI is InChI=1S/C13H13ClN2S2/c1-9(17)16-8-13(18-6-2-5-15)11-7-10(14)3-4-12(11)16/h3-4,7-9,17H,2,6H2,1H3. The average molecular weight is 297 g/mol. The minimum absolute atomic E-state index is 0.110. The number of halogens is 1. The lowest BCUT2D eigenvalue weighted by Gasteiger charge is -2.07. The molecule has 0 fully saturated rings. The highest BCUT2D eigenvalue weighted by Gasteiger charge is 2.11. The van der Waals surface area contributed by atoms with Crippen molar-refractivity contribution in [3.63, 3.8) is 0 Å². The molecule has 94 valence electrons. The summed E-state index contributed by atoms with van der Waals surface area (Å²) in [4.78, 5) is 1.16. The molecule has 1 unspecified atom stereocenters. The van der Waals surface area contributed by atoms with Gasteiger partial charge in [-0.2, -0.15) is 17.9 Å². The molecule has 5 heteroatoms. The molecule has 0 N–H and O–H groups in total. The zero-order valence-electron chi connectivity index (χ0n) is 9.93. The molecule has 0 aliphatic rings. The Kier molecular flexibility index (Phi) is 4.50. The van der Waals surface area contributed by atoms with Crippen LogP contribution in [0.3, 0.4) is 0 Å². The fourth-order valence-corrected chi connectivity index (χ4v) is 3.11. The zero-order valence-corrected chi connectivity index (χ0v) is 12.4. The van der Waals surface area contributed by atoms with Crippen LogP contribution >= 0.6 is 36.0 Å². The number of thiol groups is 1. The highest BCUT2D eigenvalue weighted by molar-refractivity contribution is 7.99. The summed E-state index contributed by atoms with van der Waals surface area (Å²) in [5.74, 6) is 0.795. The summed E-state index contributed by atoms with van der Waals surface area (Å²) >= 11 is 12.2. The average Bonchev–Trinajstić information content (AvgIpc) is 2.68. The molecule has 0 spiro atoms. The maximum atomic E-state index is 8.59. The fraction of sp³-hybridized carbons (Fsp3) is 0.308. The first-order valence-corrected chi connectivity index (χ1v) is 7.49. The van der Waals surface area contributed by atoms with Crippen molar-refractivity contribution in [2.75, 3.05) is 5.75 Å². The van der Waals surface area contributed by atoms with Gasteiger partial charge in [0.05, 0.1) is 17.0 Å². The highest BCUT2D eigenvalue weighted by Crippen LogP contribution is 2.34. The van der Waals surface area contributed by atoms with Crippen molar-refractivity contribution in [2.24, 2.45) is 0 Å². The lowest BCUT2D eigenvalue weighted by molar-refractivity contribution is 0.773. The van der Waals surface area contributed by atoms with Crippen molar-refractivity contribution >= 4 is 46.9 Å². The van der Waals surface area contributed by atoms with E-state index in [1.807, 2.05) is 25.1 Å². The summed E-state index contributed by atoms with van der Waals surface area (Å²) in [5, 5.41) is 10.6. The van der Waals surface area contributed by atoms with Crippen LogP contribution in [0.5, 0.6) is 0 Å². The molecule has 0 radical (unpaired) electrons. The Morgan fingerprint density at radius 3 is 3.00 bits per heavy atom. The van der Waals surface area contributed by atoms with Crippen LogP contribution in [0.2, 0.25) is 5.02 Å². The Morgan fingerprint density at radius 2 is 2.33 bits per heavy atom. The summed E-state index contributed by atoms with van der Waals surface area (Å²) in [6.07, 6.45) is 2.63. The van der Waals surface area contributed by atoms with Gasteiger partial charge in [0.2, 0.25) is 0 Å². The molecule has 1 aromatic heterocycles. The number of hydrogen-bond donors (Lipinski definition) is 1. The van der Waals surface area contributed by atoms with Crippen molar-refractivity contribution in [3.8, 4) is 6.07 Å². The van der Waals surface area contributed by atoms with E-state index in [1.165, 1.54) is 0 Å². The zero-order chi connectivity index (χ0) is 13.1. The van der Waals surface area contributed by atoms with Crippen LogP contribution in [-0.2, 0) is 0 Å². The van der Waals surface area contributed by atoms with Crippen LogP contribution in [0.25, 0.3) is 10.9 Å². The van der Waals surface area contributed by atoms with Crippen LogP contribution in [-0.4, -0.2) is 10.3 Å². The molecule has 1 heterocycles. The first kappa shape index (κ1) is 13.7. The third kappa shape index (κ3) is 2.80. The Hall–Kier alpha value is -0.760. The SMILES string of the molecule is CC(S)n1cc(SCCC#N)c2cc(Cl)ccc21. The van der Waals surface area contributed by atoms with Crippen molar-refractivity contribution in [1.82, 2.24) is 4.57 Å². The van der Waals surface area contributed by atoms with E-state index in [0.717, 1.165) is 26.6 Å². The van der Waals surface area contributed by atoms with Gasteiger partial charge >= 0.3 is 0 Å². The summed E-state index contributed by atoms with van der Waals surface area (Å²) in [5.41, 5.74) is 1.13. The van der Waals surface area contributed by atoms with Gasteiger partial charge in [-0.1, -0.05) is 11.6 Å². The summed E-state index contributed by atoms with van der Waals surface area (Å²) in [6.45, 7) is 2.03.